The number of rotatable bonds is 16. The molecule has 0 aliphatic heterocycles. The maximum atomic E-state index is 12.4. The van der Waals surface area contributed by atoms with Crippen molar-refractivity contribution in [3.63, 3.8) is 0 Å². The summed E-state index contributed by atoms with van der Waals surface area (Å²) in [6.07, 6.45) is 1.32. The number of carbonyl (C=O) groups is 1. The Morgan fingerprint density at radius 3 is 1.48 bits per heavy atom. The molecule has 0 aromatic heterocycles. The lowest BCUT2D eigenvalue weighted by atomic mass is 10.3. The van der Waals surface area contributed by atoms with Gasteiger partial charge in [-0.05, 0) is 12.8 Å². The fraction of sp³-hybridized carbons (Fsp3) is 0.933. The van der Waals surface area contributed by atoms with Crippen LogP contribution in [-0.4, -0.2) is 103 Å². The van der Waals surface area contributed by atoms with Crippen LogP contribution in [0.15, 0.2) is 0 Å². The second-order valence-electron chi connectivity index (χ2n) is 5.74. The molecule has 0 atom stereocenters. The van der Waals surface area contributed by atoms with E-state index in [4.69, 9.17) is 31.7 Å². The number of nitrogens with zero attached hydrogens (tertiary/aromatic N) is 1. The Labute approximate surface area is 164 Å². The summed E-state index contributed by atoms with van der Waals surface area (Å²) in [6, 6.07) is 0.948. The van der Waals surface area contributed by atoms with Gasteiger partial charge in [0.15, 0.2) is 0 Å². The Morgan fingerprint density at radius 2 is 1.19 bits per heavy atom. The molecule has 2 N–H and O–H groups in total. The number of carbonyl (C=O) groups excluding carboxylic acids is 1. The zero-order valence-corrected chi connectivity index (χ0v) is 19.4. The Morgan fingerprint density at radius 1 is 0.815 bits per heavy atom. The van der Waals surface area contributed by atoms with Gasteiger partial charge >= 0.3 is 23.6 Å². The van der Waals surface area contributed by atoms with Gasteiger partial charge in [0.1, 0.15) is 0 Å². The third-order valence-electron chi connectivity index (χ3n) is 4.36. The first-order valence-electron chi connectivity index (χ1n) is 8.86. The van der Waals surface area contributed by atoms with Crippen LogP contribution in [0.4, 0.5) is 4.79 Å². The molecular formula is C15H36N2O8Si2. The SMILES string of the molecule is CO[Si](CCCN(CCC[Si](OC)(OC)OC)C(=O)NCCO)(OC)OC. The van der Waals surface area contributed by atoms with Gasteiger partial charge in [-0.25, -0.2) is 4.79 Å². The monoisotopic (exact) mass is 428 g/mol. The summed E-state index contributed by atoms with van der Waals surface area (Å²) in [6.45, 7) is 1.10. The lowest BCUT2D eigenvalue weighted by molar-refractivity contribution is 0.120. The van der Waals surface area contributed by atoms with Crippen LogP contribution in [-0.2, 0) is 26.6 Å². The number of hydrogen-bond donors (Lipinski definition) is 2. The van der Waals surface area contributed by atoms with Crippen LogP contribution in [0.2, 0.25) is 12.1 Å². The molecule has 0 aromatic carbocycles. The van der Waals surface area contributed by atoms with Crippen molar-refractivity contribution in [3.05, 3.63) is 0 Å². The molecule has 0 aliphatic carbocycles. The maximum Gasteiger partial charge on any atom is 0.500 e. The first kappa shape index (κ1) is 26.4. The summed E-state index contributed by atoms with van der Waals surface area (Å²) < 4.78 is 32.5. The lowest BCUT2D eigenvalue weighted by Gasteiger charge is -2.28. The highest BCUT2D eigenvalue weighted by molar-refractivity contribution is 6.60. The van der Waals surface area contributed by atoms with E-state index in [0.29, 0.717) is 38.0 Å². The zero-order chi connectivity index (χ0) is 20.8. The summed E-state index contributed by atoms with van der Waals surface area (Å²) in [5.41, 5.74) is 0. The van der Waals surface area contributed by atoms with Crippen LogP contribution in [0, 0.1) is 0 Å². The summed E-state index contributed by atoms with van der Waals surface area (Å²) >= 11 is 0. The third kappa shape index (κ3) is 8.98. The van der Waals surface area contributed by atoms with Crippen molar-refractivity contribution < 1.29 is 36.5 Å². The molecule has 2 amide bonds. The molecule has 0 heterocycles. The summed E-state index contributed by atoms with van der Waals surface area (Å²) in [5, 5.41) is 11.6. The van der Waals surface area contributed by atoms with E-state index < -0.39 is 17.6 Å². The molecule has 0 saturated carbocycles. The Kier molecular flexibility index (Phi) is 14.1. The van der Waals surface area contributed by atoms with E-state index in [1.54, 1.807) is 47.6 Å². The number of aliphatic hydroxyl groups excluding tert-OH is 1. The number of amides is 2. The Balaban J connectivity index is 4.76. The van der Waals surface area contributed by atoms with Crippen molar-refractivity contribution in [3.8, 4) is 0 Å². The molecule has 0 aliphatic rings. The fourth-order valence-electron chi connectivity index (χ4n) is 2.67. The highest BCUT2D eigenvalue weighted by atomic mass is 28.4. The quantitative estimate of drug-likeness (QED) is 0.343. The second-order valence-corrected chi connectivity index (χ2v) is 11.9. The standard InChI is InChI=1S/C15H36N2O8Si2/c1-20-26(21-2,22-3)13-7-10-17(15(19)16-9-12-18)11-8-14-27(23-4,24-5)25-6/h18H,7-14H2,1-6H3,(H,16,19). The van der Waals surface area contributed by atoms with Crippen molar-refractivity contribution in [1.29, 1.82) is 0 Å². The van der Waals surface area contributed by atoms with Gasteiger partial charge in [0.05, 0.1) is 6.61 Å². The fourth-order valence-corrected chi connectivity index (χ4v) is 6.08. The Hall–Kier alpha value is -0.576. The van der Waals surface area contributed by atoms with Gasteiger partial charge in [-0.2, -0.15) is 0 Å². The molecule has 12 heteroatoms. The smallest absolute Gasteiger partial charge is 0.395 e. The summed E-state index contributed by atoms with van der Waals surface area (Å²) in [7, 11) is 4.04. The van der Waals surface area contributed by atoms with E-state index in [2.05, 4.69) is 5.32 Å². The van der Waals surface area contributed by atoms with Crippen LogP contribution in [0.25, 0.3) is 0 Å². The second kappa shape index (κ2) is 14.4. The molecular weight excluding hydrogens is 392 g/mol. The van der Waals surface area contributed by atoms with E-state index in [9.17, 15) is 4.79 Å². The van der Waals surface area contributed by atoms with Crippen LogP contribution in [0.5, 0.6) is 0 Å². The zero-order valence-electron chi connectivity index (χ0n) is 17.4. The van der Waals surface area contributed by atoms with Gasteiger partial charge in [0.25, 0.3) is 0 Å². The maximum absolute atomic E-state index is 12.4. The van der Waals surface area contributed by atoms with Crippen LogP contribution >= 0.6 is 0 Å². The molecule has 0 spiro atoms. The highest BCUT2D eigenvalue weighted by Gasteiger charge is 2.38. The topological polar surface area (TPSA) is 108 Å². The highest BCUT2D eigenvalue weighted by Crippen LogP contribution is 2.17. The average molecular weight is 429 g/mol. The molecule has 0 fully saturated rings. The van der Waals surface area contributed by atoms with Gasteiger partial charge in [-0.15, -0.1) is 0 Å². The Bertz CT molecular complexity index is 355. The molecule has 0 saturated heterocycles. The predicted octanol–water partition coefficient (Wildman–Crippen LogP) is 0.527. The van der Waals surface area contributed by atoms with Crippen molar-refractivity contribution in [2.24, 2.45) is 0 Å². The van der Waals surface area contributed by atoms with Crippen molar-refractivity contribution in [2.45, 2.75) is 24.9 Å². The van der Waals surface area contributed by atoms with Gasteiger partial charge in [-0.3, -0.25) is 0 Å². The number of hydrogen-bond acceptors (Lipinski definition) is 8. The predicted molar refractivity (Wildman–Crippen MR) is 104 cm³/mol. The molecule has 162 valence electrons. The van der Waals surface area contributed by atoms with Gasteiger partial charge in [0, 0.05) is 74.4 Å². The largest absolute Gasteiger partial charge is 0.500 e. The third-order valence-corrected chi connectivity index (χ3v) is 10.0. The molecule has 0 bridgehead atoms. The van der Waals surface area contributed by atoms with Crippen molar-refractivity contribution in [1.82, 2.24) is 10.2 Å². The first-order valence-corrected chi connectivity index (χ1v) is 12.7. The molecule has 10 nitrogen and oxygen atoms in total. The van der Waals surface area contributed by atoms with Gasteiger partial charge < -0.3 is 41.9 Å². The minimum atomic E-state index is -2.67. The molecule has 0 unspecified atom stereocenters. The van der Waals surface area contributed by atoms with Crippen LogP contribution in [0.3, 0.4) is 0 Å². The molecule has 0 aromatic rings. The number of nitrogens with one attached hydrogen (secondary N) is 1. The number of urea groups is 1. The number of aliphatic hydroxyl groups is 1. The molecule has 27 heavy (non-hydrogen) atoms. The minimum absolute atomic E-state index is 0.111. The molecule has 0 radical (unpaired) electrons. The van der Waals surface area contributed by atoms with E-state index >= 15 is 0 Å². The van der Waals surface area contributed by atoms with Gasteiger partial charge in [0.2, 0.25) is 0 Å². The van der Waals surface area contributed by atoms with E-state index in [-0.39, 0.29) is 19.2 Å². The average Bonchev–Trinajstić information content (AvgIpc) is 2.72. The summed E-state index contributed by atoms with van der Waals surface area (Å²) in [5.74, 6) is 0. The van der Waals surface area contributed by atoms with Crippen molar-refractivity contribution >= 4 is 23.6 Å². The van der Waals surface area contributed by atoms with E-state index in [1.807, 2.05) is 0 Å². The van der Waals surface area contributed by atoms with Crippen molar-refractivity contribution in [2.75, 3.05) is 68.9 Å². The van der Waals surface area contributed by atoms with E-state index in [0.717, 1.165) is 0 Å². The first-order chi connectivity index (χ1) is 12.9. The lowest BCUT2D eigenvalue weighted by Crippen LogP contribution is -2.46. The van der Waals surface area contributed by atoms with Crippen LogP contribution < -0.4 is 5.32 Å². The minimum Gasteiger partial charge on any atom is -0.395 e. The molecule has 0 rings (SSSR count). The summed E-state index contributed by atoms with van der Waals surface area (Å²) in [4.78, 5) is 14.1. The normalized spacial score (nSPS) is 12.3. The van der Waals surface area contributed by atoms with E-state index in [1.165, 1.54) is 0 Å². The van der Waals surface area contributed by atoms with Gasteiger partial charge in [-0.1, -0.05) is 0 Å². The van der Waals surface area contributed by atoms with Crippen LogP contribution in [0.1, 0.15) is 12.8 Å².